The van der Waals surface area contributed by atoms with E-state index in [4.69, 9.17) is 5.73 Å². The Morgan fingerprint density at radius 2 is 1.38 bits per heavy atom. The van der Waals surface area contributed by atoms with E-state index in [0.29, 0.717) is 6.54 Å². The van der Waals surface area contributed by atoms with Gasteiger partial charge in [-0.1, -0.05) is 112 Å². The first-order valence-electron chi connectivity index (χ1n) is 14.2. The van der Waals surface area contributed by atoms with E-state index in [1.165, 1.54) is 71.3 Å². The molecule has 7 rings (SSSR count). The van der Waals surface area contributed by atoms with E-state index in [2.05, 4.69) is 124 Å². The van der Waals surface area contributed by atoms with Crippen LogP contribution in [0.2, 0.25) is 0 Å². The van der Waals surface area contributed by atoms with Crippen LogP contribution in [0.5, 0.6) is 0 Å². The van der Waals surface area contributed by atoms with Crippen LogP contribution in [-0.2, 0) is 10.8 Å². The Labute approximate surface area is 231 Å². The highest BCUT2D eigenvalue weighted by molar-refractivity contribution is 6.25. The molecule has 1 aliphatic rings. The fourth-order valence-electron chi connectivity index (χ4n) is 7.04. The topological polar surface area (TPSA) is 26.0 Å². The first-order chi connectivity index (χ1) is 18.9. The summed E-state index contributed by atoms with van der Waals surface area (Å²) in [6, 6.07) is 34.5. The highest BCUT2D eigenvalue weighted by atomic mass is 14.5. The van der Waals surface area contributed by atoms with Gasteiger partial charge >= 0.3 is 0 Å². The predicted octanol–water partition coefficient (Wildman–Crippen LogP) is 9.74. The quantitative estimate of drug-likeness (QED) is 0.183. The molecule has 1 heteroatoms. The van der Waals surface area contributed by atoms with E-state index in [0.717, 1.165) is 12.8 Å². The lowest BCUT2D eigenvalue weighted by molar-refractivity contribution is 0.568. The molecule has 0 bridgehead atoms. The Morgan fingerprint density at radius 1 is 0.718 bits per heavy atom. The van der Waals surface area contributed by atoms with Crippen molar-refractivity contribution in [2.24, 2.45) is 5.73 Å². The van der Waals surface area contributed by atoms with Crippen molar-refractivity contribution in [2.75, 3.05) is 6.54 Å². The maximum absolute atomic E-state index is 6.01. The van der Waals surface area contributed by atoms with Gasteiger partial charge in [-0.05, 0) is 102 Å². The minimum absolute atomic E-state index is 0.110. The van der Waals surface area contributed by atoms with Gasteiger partial charge < -0.3 is 5.73 Å². The summed E-state index contributed by atoms with van der Waals surface area (Å²) in [7, 11) is 0. The summed E-state index contributed by atoms with van der Waals surface area (Å²) in [5.74, 6) is 0. The van der Waals surface area contributed by atoms with Gasteiger partial charge in [0.25, 0.3) is 0 Å². The van der Waals surface area contributed by atoms with Gasteiger partial charge in [-0.3, -0.25) is 0 Å². The molecule has 0 aromatic heterocycles. The minimum atomic E-state index is -0.214. The van der Waals surface area contributed by atoms with Gasteiger partial charge in [-0.15, -0.1) is 6.58 Å². The number of fused-ring (bicyclic) bond motifs is 3. The summed E-state index contributed by atoms with van der Waals surface area (Å²) < 4.78 is 0. The lowest BCUT2D eigenvalue weighted by Gasteiger charge is -2.29. The van der Waals surface area contributed by atoms with Crippen LogP contribution in [0.1, 0.15) is 50.3 Å². The van der Waals surface area contributed by atoms with Crippen LogP contribution in [0, 0.1) is 0 Å². The third-order valence-corrected chi connectivity index (χ3v) is 9.10. The zero-order chi connectivity index (χ0) is 26.9. The van der Waals surface area contributed by atoms with E-state index in [-0.39, 0.29) is 10.8 Å². The smallest absolute Gasteiger partial charge is 0.0392 e. The van der Waals surface area contributed by atoms with Gasteiger partial charge in [0.2, 0.25) is 0 Å². The van der Waals surface area contributed by atoms with Crippen LogP contribution >= 0.6 is 0 Å². The molecule has 0 saturated carbocycles. The molecule has 192 valence electrons. The summed E-state index contributed by atoms with van der Waals surface area (Å²) in [4.78, 5) is 0. The molecule has 1 aliphatic carbocycles. The van der Waals surface area contributed by atoms with E-state index in [9.17, 15) is 0 Å². The number of hydrogen-bond donors (Lipinski definition) is 1. The van der Waals surface area contributed by atoms with Crippen LogP contribution in [0.3, 0.4) is 0 Å². The van der Waals surface area contributed by atoms with Crippen molar-refractivity contribution in [1.29, 1.82) is 0 Å². The fourth-order valence-corrected chi connectivity index (χ4v) is 7.04. The third-order valence-electron chi connectivity index (χ3n) is 9.10. The molecule has 0 radical (unpaired) electrons. The molecule has 1 unspecified atom stereocenters. The van der Waals surface area contributed by atoms with Crippen molar-refractivity contribution >= 4 is 32.3 Å². The Bertz CT molecular complexity index is 1880. The average molecular weight is 506 g/mol. The summed E-state index contributed by atoms with van der Waals surface area (Å²) in [5.41, 5.74) is 15.2. The lowest BCUT2D eigenvalue weighted by Crippen LogP contribution is -2.23. The number of benzene rings is 6. The monoisotopic (exact) mass is 505 g/mol. The zero-order valence-electron chi connectivity index (χ0n) is 23.1. The maximum Gasteiger partial charge on any atom is 0.0392 e. The molecule has 39 heavy (non-hydrogen) atoms. The van der Waals surface area contributed by atoms with Gasteiger partial charge in [0, 0.05) is 5.41 Å². The lowest BCUT2D eigenvalue weighted by atomic mass is 9.74. The van der Waals surface area contributed by atoms with Crippen LogP contribution in [0.4, 0.5) is 0 Å². The van der Waals surface area contributed by atoms with Crippen LogP contribution in [0.25, 0.3) is 54.6 Å². The van der Waals surface area contributed by atoms with Gasteiger partial charge in [0.1, 0.15) is 0 Å². The summed E-state index contributed by atoms with van der Waals surface area (Å²) >= 11 is 0. The number of nitrogens with two attached hydrogens (primary N) is 1. The molecule has 6 aromatic rings. The van der Waals surface area contributed by atoms with Crippen LogP contribution in [0.15, 0.2) is 104 Å². The molecule has 0 amide bonds. The molecular formula is C38H35N. The van der Waals surface area contributed by atoms with Crippen molar-refractivity contribution < 1.29 is 0 Å². The number of allylic oxidation sites excluding steroid dienone is 1. The molecule has 0 spiro atoms. The van der Waals surface area contributed by atoms with Gasteiger partial charge in [-0.2, -0.15) is 0 Å². The molecule has 6 aromatic carbocycles. The highest BCUT2D eigenvalue weighted by Gasteiger charge is 2.40. The second-order valence-electron chi connectivity index (χ2n) is 12.3. The molecule has 1 atom stereocenters. The van der Waals surface area contributed by atoms with Crippen molar-refractivity contribution in [3.8, 4) is 22.3 Å². The zero-order valence-corrected chi connectivity index (χ0v) is 23.1. The fraction of sp³-hybridized carbons (Fsp3) is 0.211. The number of hydrogen-bond acceptors (Lipinski definition) is 1. The summed E-state index contributed by atoms with van der Waals surface area (Å²) in [6.07, 6.45) is 4.09. The summed E-state index contributed by atoms with van der Waals surface area (Å²) in [6.45, 7) is 11.9. The first kappa shape index (κ1) is 24.1. The Hall–Kier alpha value is -3.94. The van der Waals surface area contributed by atoms with Crippen LogP contribution in [-0.4, -0.2) is 6.54 Å². The number of rotatable bonds is 5. The van der Waals surface area contributed by atoms with Crippen molar-refractivity contribution in [1.82, 2.24) is 0 Å². The highest BCUT2D eigenvalue weighted by Crippen LogP contribution is 2.53. The second kappa shape index (κ2) is 8.53. The first-order valence-corrected chi connectivity index (χ1v) is 14.2. The Kier molecular flexibility index (Phi) is 5.28. The molecule has 1 nitrogen and oxygen atoms in total. The molecule has 0 fully saturated rings. The normalized spacial score (nSPS) is 16.7. The van der Waals surface area contributed by atoms with Crippen molar-refractivity contribution in [3.05, 3.63) is 120 Å². The van der Waals surface area contributed by atoms with Gasteiger partial charge in [0.15, 0.2) is 0 Å². The van der Waals surface area contributed by atoms with E-state index in [1.807, 2.05) is 0 Å². The van der Waals surface area contributed by atoms with E-state index < -0.39 is 0 Å². The third kappa shape index (κ3) is 3.43. The van der Waals surface area contributed by atoms with Crippen molar-refractivity contribution in [2.45, 2.75) is 44.4 Å². The summed E-state index contributed by atoms with van der Waals surface area (Å²) in [5, 5.41) is 8.00. The SMILES string of the molecule is C=CC1(CCCN)c2ccccc2-c2ccc(-c3ccc4ccc5cc(C(C)(C)C)cc6ccc3c4c56)cc21. The molecule has 0 saturated heterocycles. The minimum Gasteiger partial charge on any atom is -0.330 e. The van der Waals surface area contributed by atoms with E-state index in [1.54, 1.807) is 0 Å². The molecule has 0 heterocycles. The Balaban J connectivity index is 1.47. The van der Waals surface area contributed by atoms with E-state index >= 15 is 0 Å². The van der Waals surface area contributed by atoms with Crippen LogP contribution < -0.4 is 5.73 Å². The standard InChI is InChI=1S/C38H35N/c1-5-38(19-8-20-39)33-10-7-6-9-30(33)31-17-14-25(23-34(31)38)29-16-13-24-11-12-26-21-28(37(2,3)4)22-27-15-18-32(29)36(24)35(26)27/h5-7,9-18,21-23H,1,8,19-20,39H2,2-4H3. The van der Waals surface area contributed by atoms with Crippen molar-refractivity contribution in [3.63, 3.8) is 0 Å². The maximum atomic E-state index is 6.01. The second-order valence-corrected chi connectivity index (χ2v) is 12.3. The molecule has 2 N–H and O–H groups in total. The van der Waals surface area contributed by atoms with Gasteiger partial charge in [0.05, 0.1) is 0 Å². The van der Waals surface area contributed by atoms with Gasteiger partial charge in [-0.25, -0.2) is 0 Å². The average Bonchev–Trinajstić information content (AvgIpc) is 3.23. The molecular weight excluding hydrogens is 470 g/mol. The predicted molar refractivity (Wildman–Crippen MR) is 169 cm³/mol. The largest absolute Gasteiger partial charge is 0.330 e. The Morgan fingerprint density at radius 3 is 2.13 bits per heavy atom. The molecule has 0 aliphatic heterocycles.